The number of pyridine rings is 1. The molecular formula is C21H20FNO4. The number of aliphatic hydroxyl groups excluding tert-OH is 1. The summed E-state index contributed by atoms with van der Waals surface area (Å²) >= 11 is 0. The van der Waals surface area contributed by atoms with E-state index in [-0.39, 0.29) is 37.1 Å². The molecular weight excluding hydrogens is 349 g/mol. The highest BCUT2D eigenvalue weighted by Gasteiger charge is 2.17. The van der Waals surface area contributed by atoms with Crippen molar-refractivity contribution in [2.75, 3.05) is 6.61 Å². The summed E-state index contributed by atoms with van der Waals surface area (Å²) in [6.07, 6.45) is 1.78. The number of hydrogen-bond acceptors (Lipinski definition) is 4. The first-order valence-corrected chi connectivity index (χ1v) is 8.56. The smallest absolute Gasteiger partial charge is 0.296 e. The van der Waals surface area contributed by atoms with E-state index in [0.29, 0.717) is 12.0 Å². The van der Waals surface area contributed by atoms with Crippen molar-refractivity contribution in [1.82, 2.24) is 4.57 Å². The highest BCUT2D eigenvalue weighted by molar-refractivity contribution is 5.45. The summed E-state index contributed by atoms with van der Waals surface area (Å²) in [7, 11) is 0. The van der Waals surface area contributed by atoms with Gasteiger partial charge in [-0.05, 0) is 23.3 Å². The lowest BCUT2D eigenvalue weighted by atomic mass is 10.1. The van der Waals surface area contributed by atoms with Crippen molar-refractivity contribution in [2.24, 2.45) is 0 Å². The summed E-state index contributed by atoms with van der Waals surface area (Å²) in [6.45, 7) is -0.0151. The Labute approximate surface area is 155 Å². The van der Waals surface area contributed by atoms with Crippen LogP contribution in [0.2, 0.25) is 0 Å². The van der Waals surface area contributed by atoms with Gasteiger partial charge in [-0.25, -0.2) is 4.39 Å². The Morgan fingerprint density at radius 2 is 1.70 bits per heavy atom. The van der Waals surface area contributed by atoms with Crippen molar-refractivity contribution >= 4 is 0 Å². The van der Waals surface area contributed by atoms with Gasteiger partial charge in [0, 0.05) is 24.7 Å². The fourth-order valence-corrected chi connectivity index (χ4v) is 2.77. The molecule has 0 bridgehead atoms. The first-order valence-electron chi connectivity index (χ1n) is 8.56. The summed E-state index contributed by atoms with van der Waals surface area (Å²) in [4.78, 5) is 12.6. The number of aliphatic hydroxyl groups is 1. The summed E-state index contributed by atoms with van der Waals surface area (Å²) < 4.78 is 20.0. The average molecular weight is 369 g/mol. The second-order valence-corrected chi connectivity index (χ2v) is 6.13. The van der Waals surface area contributed by atoms with Crippen LogP contribution < -0.4 is 10.3 Å². The van der Waals surface area contributed by atoms with Crippen LogP contribution in [0.25, 0.3) is 0 Å². The quantitative estimate of drug-likeness (QED) is 0.672. The molecule has 1 heterocycles. The molecule has 0 aliphatic carbocycles. The Kier molecular flexibility index (Phi) is 5.88. The number of aromatic nitrogens is 1. The van der Waals surface area contributed by atoms with Crippen LogP contribution in [0, 0.1) is 5.82 Å². The monoisotopic (exact) mass is 369 g/mol. The van der Waals surface area contributed by atoms with Gasteiger partial charge in [0.25, 0.3) is 5.56 Å². The number of aromatic hydroxyl groups is 1. The Morgan fingerprint density at radius 3 is 2.37 bits per heavy atom. The minimum absolute atomic E-state index is 0.0806. The maximum Gasteiger partial charge on any atom is 0.296 e. The Balaban J connectivity index is 1.94. The van der Waals surface area contributed by atoms with Crippen molar-refractivity contribution in [3.05, 3.63) is 93.7 Å². The number of halogens is 1. The average Bonchev–Trinajstić information content (AvgIpc) is 2.68. The van der Waals surface area contributed by atoms with Crippen LogP contribution in [0.5, 0.6) is 11.5 Å². The zero-order valence-corrected chi connectivity index (χ0v) is 14.6. The molecule has 27 heavy (non-hydrogen) atoms. The van der Waals surface area contributed by atoms with Crippen LogP contribution >= 0.6 is 0 Å². The van der Waals surface area contributed by atoms with Crippen molar-refractivity contribution in [3.63, 3.8) is 0 Å². The van der Waals surface area contributed by atoms with Gasteiger partial charge in [-0.15, -0.1) is 0 Å². The van der Waals surface area contributed by atoms with E-state index < -0.39 is 5.56 Å². The van der Waals surface area contributed by atoms with Gasteiger partial charge in [-0.1, -0.05) is 42.5 Å². The highest BCUT2D eigenvalue weighted by Crippen LogP contribution is 2.29. The third-order valence-electron chi connectivity index (χ3n) is 4.16. The van der Waals surface area contributed by atoms with E-state index in [0.717, 1.165) is 11.1 Å². The molecule has 140 valence electrons. The van der Waals surface area contributed by atoms with Gasteiger partial charge < -0.3 is 19.5 Å². The third-order valence-corrected chi connectivity index (χ3v) is 4.16. The summed E-state index contributed by atoms with van der Waals surface area (Å²) in [5.74, 6) is -0.749. The minimum atomic E-state index is -0.514. The Bertz CT molecular complexity index is 952. The normalized spacial score (nSPS) is 10.7. The van der Waals surface area contributed by atoms with Gasteiger partial charge in [-0.2, -0.15) is 0 Å². The summed E-state index contributed by atoms with van der Waals surface area (Å²) in [5, 5.41) is 19.8. The molecule has 0 aliphatic rings. The molecule has 0 amide bonds. The standard InChI is InChI=1S/C21H20FNO4/c22-18-8-6-15(7-9-18)12-17-13-23(10-11-24)21(26)20(19(17)25)27-14-16-4-2-1-3-5-16/h1-9,13,24-25H,10-12,14H2. The number of hydrogen-bond donors (Lipinski definition) is 2. The van der Waals surface area contributed by atoms with E-state index in [1.165, 1.54) is 22.9 Å². The van der Waals surface area contributed by atoms with Crippen LogP contribution in [0.4, 0.5) is 4.39 Å². The Morgan fingerprint density at radius 1 is 1.00 bits per heavy atom. The summed E-state index contributed by atoms with van der Waals surface area (Å²) in [5.41, 5.74) is 1.57. The molecule has 5 nitrogen and oxygen atoms in total. The van der Waals surface area contributed by atoms with Gasteiger partial charge in [0.1, 0.15) is 12.4 Å². The molecule has 6 heteroatoms. The third kappa shape index (κ3) is 4.54. The van der Waals surface area contributed by atoms with Gasteiger partial charge in [0.05, 0.1) is 6.61 Å². The number of benzene rings is 2. The first kappa shape index (κ1) is 18.7. The van der Waals surface area contributed by atoms with E-state index in [2.05, 4.69) is 0 Å². The van der Waals surface area contributed by atoms with E-state index >= 15 is 0 Å². The zero-order valence-electron chi connectivity index (χ0n) is 14.6. The van der Waals surface area contributed by atoms with E-state index in [4.69, 9.17) is 4.74 Å². The van der Waals surface area contributed by atoms with Crippen molar-refractivity contribution in [2.45, 2.75) is 19.6 Å². The van der Waals surface area contributed by atoms with Crippen molar-refractivity contribution in [1.29, 1.82) is 0 Å². The predicted molar refractivity (Wildman–Crippen MR) is 99.4 cm³/mol. The zero-order chi connectivity index (χ0) is 19.2. The second-order valence-electron chi connectivity index (χ2n) is 6.13. The maximum absolute atomic E-state index is 13.1. The molecule has 0 aliphatic heterocycles. The summed E-state index contributed by atoms with van der Waals surface area (Å²) in [6, 6.07) is 15.2. The van der Waals surface area contributed by atoms with E-state index in [1.807, 2.05) is 30.3 Å². The number of ether oxygens (including phenoxy) is 1. The van der Waals surface area contributed by atoms with Gasteiger partial charge in [0.15, 0.2) is 5.75 Å². The van der Waals surface area contributed by atoms with Crippen LogP contribution in [-0.4, -0.2) is 21.4 Å². The topological polar surface area (TPSA) is 71.7 Å². The molecule has 3 aromatic rings. The minimum Gasteiger partial charge on any atom is -0.504 e. The molecule has 0 fully saturated rings. The number of rotatable bonds is 7. The maximum atomic E-state index is 13.1. The molecule has 1 aromatic heterocycles. The Hall–Kier alpha value is -3.12. The fourth-order valence-electron chi connectivity index (χ4n) is 2.77. The largest absolute Gasteiger partial charge is 0.504 e. The second kappa shape index (κ2) is 8.51. The molecule has 0 atom stereocenters. The van der Waals surface area contributed by atoms with Gasteiger partial charge in [0.2, 0.25) is 5.75 Å². The molecule has 0 saturated heterocycles. The van der Waals surface area contributed by atoms with Crippen LogP contribution in [0.1, 0.15) is 16.7 Å². The molecule has 2 aromatic carbocycles. The molecule has 0 radical (unpaired) electrons. The van der Waals surface area contributed by atoms with Crippen LogP contribution in [0.15, 0.2) is 65.6 Å². The van der Waals surface area contributed by atoms with Crippen molar-refractivity contribution < 1.29 is 19.3 Å². The lowest BCUT2D eigenvalue weighted by Gasteiger charge is -2.15. The lowest BCUT2D eigenvalue weighted by molar-refractivity contribution is 0.261. The predicted octanol–water partition coefficient (Wildman–Crippen LogP) is 2.86. The fraction of sp³-hybridized carbons (Fsp3) is 0.190. The first-order chi connectivity index (χ1) is 13.1. The van der Waals surface area contributed by atoms with E-state index in [1.54, 1.807) is 12.1 Å². The highest BCUT2D eigenvalue weighted by atomic mass is 19.1. The molecule has 2 N–H and O–H groups in total. The van der Waals surface area contributed by atoms with Gasteiger partial charge >= 0.3 is 0 Å². The van der Waals surface area contributed by atoms with Crippen LogP contribution in [-0.2, 0) is 19.6 Å². The molecule has 0 saturated carbocycles. The van der Waals surface area contributed by atoms with Crippen LogP contribution in [0.3, 0.4) is 0 Å². The molecule has 0 unspecified atom stereocenters. The van der Waals surface area contributed by atoms with Gasteiger partial charge in [-0.3, -0.25) is 4.79 Å². The van der Waals surface area contributed by atoms with E-state index in [9.17, 15) is 19.4 Å². The molecule has 0 spiro atoms. The number of nitrogens with zero attached hydrogens (tertiary/aromatic N) is 1. The molecule has 3 rings (SSSR count). The SMILES string of the molecule is O=c1c(OCc2ccccc2)c(O)c(Cc2ccc(F)cc2)cn1CCO. The van der Waals surface area contributed by atoms with Crippen molar-refractivity contribution in [3.8, 4) is 11.5 Å². The lowest BCUT2D eigenvalue weighted by Crippen LogP contribution is -2.24.